The fraction of sp³-hybridized carbons (Fsp3) is 0.300. The first kappa shape index (κ1) is 12.1. The number of nitrogens with one attached hydrogen (secondary N) is 1. The molecule has 0 fully saturated rings. The highest BCUT2D eigenvalue weighted by Gasteiger charge is 2.10. The highest BCUT2D eigenvalue weighted by Crippen LogP contribution is 2.29. The lowest BCUT2D eigenvalue weighted by Gasteiger charge is -1.88. The Morgan fingerprint density at radius 2 is 2.35 bits per heavy atom. The zero-order chi connectivity index (χ0) is 12.4. The van der Waals surface area contributed by atoms with E-state index in [4.69, 9.17) is 5.11 Å². The number of thioether (sulfide) groups is 1. The molecule has 90 valence electrons. The van der Waals surface area contributed by atoms with Crippen LogP contribution in [0.25, 0.3) is 10.7 Å². The summed E-state index contributed by atoms with van der Waals surface area (Å²) in [5.41, 5.74) is 1.22. The largest absolute Gasteiger partial charge is 0.481 e. The van der Waals surface area contributed by atoms with Crippen LogP contribution in [0.2, 0.25) is 0 Å². The summed E-state index contributed by atoms with van der Waals surface area (Å²) in [5.74, 6) is -0.206. The molecule has 2 aromatic heterocycles. The van der Waals surface area contributed by atoms with Crippen LogP contribution < -0.4 is 0 Å². The number of aromatic nitrogens is 3. The number of nitrogens with zero attached hydrogens (tertiary/aromatic N) is 2. The first-order valence-corrected chi connectivity index (χ1v) is 6.71. The summed E-state index contributed by atoms with van der Waals surface area (Å²) in [4.78, 5) is 16.9. The summed E-state index contributed by atoms with van der Waals surface area (Å²) in [6.07, 6.45) is 0. The predicted molar refractivity (Wildman–Crippen MR) is 67.5 cm³/mol. The Hall–Kier alpha value is -1.34. The minimum atomic E-state index is -0.871. The maximum Gasteiger partial charge on any atom is 0.313 e. The molecule has 0 amide bonds. The molecular formula is C10H11N3O2S2. The molecule has 0 atom stereocenters. The van der Waals surface area contributed by atoms with E-state index in [1.54, 1.807) is 11.3 Å². The molecule has 0 bridgehead atoms. The van der Waals surface area contributed by atoms with Crippen LogP contribution in [0.15, 0.2) is 11.2 Å². The van der Waals surface area contributed by atoms with Gasteiger partial charge in [-0.1, -0.05) is 11.8 Å². The van der Waals surface area contributed by atoms with Gasteiger partial charge in [0.15, 0.2) is 5.82 Å². The number of H-pyrrole nitrogens is 1. The van der Waals surface area contributed by atoms with Crippen LogP contribution in [0.3, 0.4) is 0 Å². The Balaban J connectivity index is 2.15. The molecule has 5 nitrogen and oxygen atoms in total. The van der Waals surface area contributed by atoms with E-state index >= 15 is 0 Å². The molecule has 17 heavy (non-hydrogen) atoms. The van der Waals surface area contributed by atoms with Crippen LogP contribution in [0.5, 0.6) is 0 Å². The number of rotatable bonds is 4. The molecule has 0 aliphatic rings. The van der Waals surface area contributed by atoms with Crippen LogP contribution in [-0.4, -0.2) is 32.0 Å². The van der Waals surface area contributed by atoms with Crippen molar-refractivity contribution in [2.75, 3.05) is 5.75 Å². The zero-order valence-corrected chi connectivity index (χ0v) is 11.0. The molecule has 2 rings (SSSR count). The van der Waals surface area contributed by atoms with Gasteiger partial charge in [-0.25, -0.2) is 4.98 Å². The second-order valence-electron chi connectivity index (χ2n) is 3.50. The summed E-state index contributed by atoms with van der Waals surface area (Å²) in [6.45, 7) is 4.10. The van der Waals surface area contributed by atoms with Crippen LogP contribution in [0.4, 0.5) is 0 Å². The number of carbonyl (C=O) groups is 1. The Kier molecular flexibility index (Phi) is 3.49. The smallest absolute Gasteiger partial charge is 0.313 e. The van der Waals surface area contributed by atoms with Gasteiger partial charge < -0.3 is 5.11 Å². The van der Waals surface area contributed by atoms with E-state index in [9.17, 15) is 4.79 Å². The fourth-order valence-corrected chi connectivity index (χ4v) is 2.73. The van der Waals surface area contributed by atoms with Gasteiger partial charge >= 0.3 is 5.97 Å². The molecule has 0 aromatic carbocycles. The molecule has 2 aromatic rings. The van der Waals surface area contributed by atoms with Crippen LogP contribution in [0.1, 0.15) is 10.4 Å². The second kappa shape index (κ2) is 4.89. The molecule has 0 unspecified atom stereocenters. The lowest BCUT2D eigenvalue weighted by Crippen LogP contribution is -1.97. The monoisotopic (exact) mass is 269 g/mol. The van der Waals surface area contributed by atoms with Crippen molar-refractivity contribution in [1.29, 1.82) is 0 Å². The third-order valence-electron chi connectivity index (χ3n) is 2.19. The minimum Gasteiger partial charge on any atom is -0.481 e. The molecule has 0 aliphatic heterocycles. The van der Waals surface area contributed by atoms with Crippen molar-refractivity contribution in [3.63, 3.8) is 0 Å². The predicted octanol–water partition coefficient (Wildman–Crippen LogP) is 2.33. The van der Waals surface area contributed by atoms with E-state index in [1.165, 1.54) is 10.4 Å². The van der Waals surface area contributed by atoms with E-state index in [-0.39, 0.29) is 5.75 Å². The Morgan fingerprint density at radius 1 is 1.59 bits per heavy atom. The number of hydrogen-bond acceptors (Lipinski definition) is 5. The number of aromatic amines is 1. The van der Waals surface area contributed by atoms with Crippen molar-refractivity contribution >= 4 is 29.1 Å². The minimum absolute atomic E-state index is 0.0280. The molecule has 0 radical (unpaired) electrons. The van der Waals surface area contributed by atoms with Gasteiger partial charge in [0, 0.05) is 4.88 Å². The van der Waals surface area contributed by atoms with Gasteiger partial charge in [-0.15, -0.1) is 16.4 Å². The Morgan fingerprint density at radius 3 is 2.94 bits per heavy atom. The van der Waals surface area contributed by atoms with E-state index in [0.717, 1.165) is 16.6 Å². The number of carboxylic acids is 1. The van der Waals surface area contributed by atoms with E-state index in [2.05, 4.69) is 22.1 Å². The van der Waals surface area contributed by atoms with Crippen LogP contribution in [0, 0.1) is 13.8 Å². The lowest BCUT2D eigenvalue weighted by atomic mass is 10.3. The molecule has 2 heterocycles. The lowest BCUT2D eigenvalue weighted by molar-refractivity contribution is -0.133. The maximum absolute atomic E-state index is 10.4. The van der Waals surface area contributed by atoms with Gasteiger partial charge in [-0.05, 0) is 25.5 Å². The van der Waals surface area contributed by atoms with Crippen molar-refractivity contribution in [1.82, 2.24) is 15.2 Å². The standard InChI is InChI=1S/C10H11N3O2S2/c1-5-3-7(17-6(5)2)9-11-10(13-12-9)16-4-8(14)15/h3H,4H2,1-2H3,(H,14,15)(H,11,12,13). The summed E-state index contributed by atoms with van der Waals surface area (Å²) in [6, 6.07) is 2.05. The Bertz CT molecular complexity index is 528. The van der Waals surface area contributed by atoms with E-state index in [1.807, 2.05) is 13.0 Å². The van der Waals surface area contributed by atoms with Gasteiger partial charge in [0.05, 0.1) is 10.6 Å². The van der Waals surface area contributed by atoms with E-state index in [0.29, 0.717) is 11.0 Å². The van der Waals surface area contributed by atoms with Gasteiger partial charge in [0.25, 0.3) is 0 Å². The first-order valence-electron chi connectivity index (χ1n) is 4.90. The number of thiophene rings is 1. The molecule has 0 aliphatic carbocycles. The molecule has 2 N–H and O–H groups in total. The van der Waals surface area contributed by atoms with Crippen molar-refractivity contribution in [3.8, 4) is 10.7 Å². The maximum atomic E-state index is 10.4. The van der Waals surface area contributed by atoms with Gasteiger partial charge in [-0.3, -0.25) is 9.89 Å². The van der Waals surface area contributed by atoms with Crippen molar-refractivity contribution in [2.45, 2.75) is 19.0 Å². The van der Waals surface area contributed by atoms with Crippen LogP contribution >= 0.6 is 23.1 Å². The third-order valence-corrected chi connectivity index (χ3v) is 4.18. The highest BCUT2D eigenvalue weighted by molar-refractivity contribution is 7.99. The average Bonchev–Trinajstić information content (AvgIpc) is 2.84. The average molecular weight is 269 g/mol. The highest BCUT2D eigenvalue weighted by atomic mass is 32.2. The van der Waals surface area contributed by atoms with Crippen molar-refractivity contribution < 1.29 is 9.90 Å². The van der Waals surface area contributed by atoms with Crippen molar-refractivity contribution in [3.05, 3.63) is 16.5 Å². The molecule has 7 heteroatoms. The zero-order valence-electron chi connectivity index (χ0n) is 9.35. The fourth-order valence-electron chi connectivity index (χ4n) is 1.24. The normalized spacial score (nSPS) is 10.7. The van der Waals surface area contributed by atoms with Gasteiger partial charge in [0.2, 0.25) is 5.16 Å². The summed E-state index contributed by atoms with van der Waals surface area (Å²) in [7, 11) is 0. The quantitative estimate of drug-likeness (QED) is 0.833. The summed E-state index contributed by atoms with van der Waals surface area (Å²) < 4.78 is 0. The Labute approximate surface area is 106 Å². The van der Waals surface area contributed by atoms with Crippen molar-refractivity contribution in [2.24, 2.45) is 0 Å². The van der Waals surface area contributed by atoms with Crippen LogP contribution in [-0.2, 0) is 4.79 Å². The molecule has 0 spiro atoms. The second-order valence-corrected chi connectivity index (χ2v) is 5.70. The number of carboxylic acid groups (broad SMARTS) is 1. The summed E-state index contributed by atoms with van der Waals surface area (Å²) in [5, 5.41) is 15.8. The number of hydrogen-bond donors (Lipinski definition) is 2. The summed E-state index contributed by atoms with van der Waals surface area (Å²) >= 11 is 2.75. The van der Waals surface area contributed by atoms with Gasteiger partial charge in [0.1, 0.15) is 0 Å². The SMILES string of the molecule is Cc1cc(-c2nc(SCC(=O)O)n[nH]2)sc1C. The van der Waals surface area contributed by atoms with E-state index < -0.39 is 5.97 Å². The number of aliphatic carboxylic acids is 1. The molecule has 0 saturated heterocycles. The van der Waals surface area contributed by atoms with Gasteiger partial charge in [-0.2, -0.15) is 0 Å². The third kappa shape index (κ3) is 2.86. The molecule has 0 saturated carbocycles. The first-order chi connectivity index (χ1) is 8.06. The topological polar surface area (TPSA) is 78.9 Å². The number of aryl methyl sites for hydroxylation is 2. The molecular weight excluding hydrogens is 258 g/mol.